The smallest absolute Gasteiger partial charge is 0.278 e. The van der Waals surface area contributed by atoms with Gasteiger partial charge in [-0.05, 0) is 53.9 Å². The first-order valence-corrected chi connectivity index (χ1v) is 10.6. The van der Waals surface area contributed by atoms with Crippen molar-refractivity contribution in [3.8, 4) is 11.5 Å². The van der Waals surface area contributed by atoms with E-state index in [2.05, 4.69) is 10.3 Å². The number of ether oxygens (including phenoxy) is 2. The molecule has 0 spiro atoms. The van der Waals surface area contributed by atoms with Gasteiger partial charge in [0, 0.05) is 23.1 Å². The summed E-state index contributed by atoms with van der Waals surface area (Å²) in [6.07, 6.45) is 3.27. The molecule has 0 radical (unpaired) electrons. The second kappa shape index (κ2) is 9.34. The van der Waals surface area contributed by atoms with Gasteiger partial charge in [0.2, 0.25) is 0 Å². The Morgan fingerprint density at radius 1 is 1.00 bits per heavy atom. The summed E-state index contributed by atoms with van der Waals surface area (Å²) in [6.45, 7) is 1.94. The lowest BCUT2D eigenvalue weighted by Crippen LogP contribution is -2.32. The number of carbonyl (C=O) groups excluding carboxylic acids is 2. The molecule has 8 heteroatoms. The van der Waals surface area contributed by atoms with E-state index < -0.39 is 11.8 Å². The molecule has 2 amide bonds. The monoisotopic (exact) mass is 463 g/mol. The minimum atomic E-state index is -0.437. The highest BCUT2D eigenvalue weighted by molar-refractivity contribution is 6.36. The van der Waals surface area contributed by atoms with Crippen LogP contribution in [0.25, 0.3) is 5.57 Å². The maximum absolute atomic E-state index is 13.5. The summed E-state index contributed by atoms with van der Waals surface area (Å²) in [4.78, 5) is 32.3. The molecule has 2 aromatic carbocycles. The van der Waals surface area contributed by atoms with E-state index >= 15 is 0 Å². The van der Waals surface area contributed by atoms with Gasteiger partial charge in [-0.1, -0.05) is 29.8 Å². The third kappa shape index (κ3) is 4.27. The van der Waals surface area contributed by atoms with E-state index in [9.17, 15) is 9.59 Å². The summed E-state index contributed by atoms with van der Waals surface area (Å²) < 4.78 is 10.7. The Morgan fingerprint density at radius 2 is 1.79 bits per heavy atom. The van der Waals surface area contributed by atoms with Crippen LogP contribution in [0.5, 0.6) is 11.5 Å². The zero-order valence-electron chi connectivity index (χ0n) is 18.4. The topological polar surface area (TPSA) is 80.8 Å². The molecule has 0 fully saturated rings. The molecule has 1 aliphatic heterocycles. The number of pyridine rings is 1. The zero-order valence-corrected chi connectivity index (χ0v) is 19.1. The van der Waals surface area contributed by atoms with Crippen LogP contribution >= 0.6 is 11.6 Å². The molecule has 1 aromatic heterocycles. The van der Waals surface area contributed by atoms with E-state index in [0.717, 1.165) is 11.1 Å². The SMILES string of the molecule is COc1ccc(C2=C(Nc3cccc(Cl)c3C)C(=O)N(Cc3cccnc3)C2=O)cc1OC. The van der Waals surface area contributed by atoms with Crippen LogP contribution in [0, 0.1) is 6.92 Å². The van der Waals surface area contributed by atoms with Crippen LogP contribution in [0.2, 0.25) is 5.02 Å². The lowest BCUT2D eigenvalue weighted by Gasteiger charge is -2.15. The quantitative estimate of drug-likeness (QED) is 0.521. The molecule has 0 saturated heterocycles. The molecule has 0 aliphatic carbocycles. The first kappa shape index (κ1) is 22.4. The van der Waals surface area contributed by atoms with Gasteiger partial charge in [-0.3, -0.25) is 19.5 Å². The molecule has 1 aliphatic rings. The first-order valence-electron chi connectivity index (χ1n) is 10.2. The van der Waals surface area contributed by atoms with Crippen LogP contribution in [0.1, 0.15) is 16.7 Å². The van der Waals surface area contributed by atoms with E-state index in [1.54, 1.807) is 48.8 Å². The molecule has 2 heterocycles. The van der Waals surface area contributed by atoms with Gasteiger partial charge in [0.05, 0.1) is 26.3 Å². The minimum absolute atomic E-state index is 0.0992. The van der Waals surface area contributed by atoms with E-state index in [-0.39, 0.29) is 17.8 Å². The van der Waals surface area contributed by atoms with Crippen molar-refractivity contribution in [1.29, 1.82) is 0 Å². The van der Waals surface area contributed by atoms with E-state index in [1.165, 1.54) is 19.1 Å². The summed E-state index contributed by atoms with van der Waals surface area (Å²) in [7, 11) is 3.05. The molecular weight excluding hydrogens is 442 g/mol. The van der Waals surface area contributed by atoms with E-state index in [0.29, 0.717) is 27.8 Å². The van der Waals surface area contributed by atoms with Crippen molar-refractivity contribution in [3.05, 3.63) is 88.3 Å². The molecule has 33 heavy (non-hydrogen) atoms. The number of aromatic nitrogens is 1. The van der Waals surface area contributed by atoms with Gasteiger partial charge in [-0.2, -0.15) is 0 Å². The Labute approximate surface area is 196 Å². The molecule has 0 atom stereocenters. The average Bonchev–Trinajstić information content (AvgIpc) is 3.06. The van der Waals surface area contributed by atoms with Crippen molar-refractivity contribution in [2.24, 2.45) is 0 Å². The zero-order chi connectivity index (χ0) is 23.5. The van der Waals surface area contributed by atoms with Crippen molar-refractivity contribution in [3.63, 3.8) is 0 Å². The van der Waals surface area contributed by atoms with Gasteiger partial charge in [0.25, 0.3) is 11.8 Å². The number of halogens is 1. The number of amides is 2. The molecule has 0 unspecified atom stereocenters. The van der Waals surface area contributed by atoms with Gasteiger partial charge in [0.1, 0.15) is 5.70 Å². The van der Waals surface area contributed by atoms with E-state index in [1.807, 2.05) is 19.1 Å². The minimum Gasteiger partial charge on any atom is -0.493 e. The number of hydrogen-bond donors (Lipinski definition) is 1. The van der Waals surface area contributed by atoms with Crippen LogP contribution in [-0.2, 0) is 16.1 Å². The lowest BCUT2D eigenvalue weighted by molar-refractivity contribution is -0.137. The molecule has 0 bridgehead atoms. The van der Waals surface area contributed by atoms with Crippen LogP contribution in [0.4, 0.5) is 5.69 Å². The molecule has 4 rings (SSSR count). The lowest BCUT2D eigenvalue weighted by atomic mass is 10.0. The third-order valence-corrected chi connectivity index (χ3v) is 5.84. The maximum atomic E-state index is 13.5. The Hall–Kier alpha value is -3.84. The van der Waals surface area contributed by atoms with Gasteiger partial charge in [0.15, 0.2) is 11.5 Å². The fraction of sp³-hybridized carbons (Fsp3) is 0.160. The van der Waals surface area contributed by atoms with Crippen LogP contribution in [0.3, 0.4) is 0 Å². The normalized spacial score (nSPS) is 13.5. The van der Waals surface area contributed by atoms with Gasteiger partial charge in [-0.25, -0.2) is 0 Å². The van der Waals surface area contributed by atoms with Crippen molar-refractivity contribution >= 4 is 34.7 Å². The number of methoxy groups -OCH3 is 2. The van der Waals surface area contributed by atoms with Crippen molar-refractivity contribution in [2.45, 2.75) is 13.5 Å². The highest BCUT2D eigenvalue weighted by atomic mass is 35.5. The Morgan fingerprint density at radius 3 is 2.48 bits per heavy atom. The van der Waals surface area contributed by atoms with Crippen molar-refractivity contribution in [2.75, 3.05) is 19.5 Å². The number of rotatable bonds is 7. The number of benzene rings is 2. The Balaban J connectivity index is 1.81. The molecule has 1 N–H and O–H groups in total. The van der Waals surface area contributed by atoms with Crippen LogP contribution in [0.15, 0.2) is 66.6 Å². The number of hydrogen-bond acceptors (Lipinski definition) is 6. The fourth-order valence-electron chi connectivity index (χ4n) is 3.65. The average molecular weight is 464 g/mol. The standard InChI is InChI=1S/C25H22ClN3O4/c1-15-18(26)7-4-8-19(15)28-23-22(17-9-10-20(32-2)21(12-17)33-3)24(30)29(25(23)31)14-16-6-5-11-27-13-16/h4-13,28H,14H2,1-3H3. The van der Waals surface area contributed by atoms with Crippen molar-refractivity contribution < 1.29 is 19.1 Å². The van der Waals surface area contributed by atoms with E-state index in [4.69, 9.17) is 21.1 Å². The second-order valence-electron chi connectivity index (χ2n) is 7.41. The summed E-state index contributed by atoms with van der Waals surface area (Å²) in [5.74, 6) is 0.115. The summed E-state index contributed by atoms with van der Waals surface area (Å²) in [5.41, 5.74) is 3.09. The molecular formula is C25H22ClN3O4. The second-order valence-corrected chi connectivity index (χ2v) is 7.82. The molecule has 0 saturated carbocycles. The summed E-state index contributed by atoms with van der Waals surface area (Å²) in [5, 5.41) is 3.71. The molecule has 3 aromatic rings. The highest BCUT2D eigenvalue weighted by Crippen LogP contribution is 2.37. The van der Waals surface area contributed by atoms with Crippen LogP contribution < -0.4 is 14.8 Å². The largest absolute Gasteiger partial charge is 0.493 e. The summed E-state index contributed by atoms with van der Waals surface area (Å²) >= 11 is 6.27. The Kier molecular flexibility index (Phi) is 6.33. The van der Waals surface area contributed by atoms with Gasteiger partial charge >= 0.3 is 0 Å². The number of anilines is 1. The Bertz CT molecular complexity index is 1260. The fourth-order valence-corrected chi connectivity index (χ4v) is 3.82. The molecule has 168 valence electrons. The number of imide groups is 1. The highest BCUT2D eigenvalue weighted by Gasteiger charge is 2.39. The van der Waals surface area contributed by atoms with Gasteiger partial charge in [-0.15, -0.1) is 0 Å². The predicted octanol–water partition coefficient (Wildman–Crippen LogP) is 4.45. The molecule has 7 nitrogen and oxygen atoms in total. The first-order chi connectivity index (χ1) is 15.9. The number of carbonyl (C=O) groups is 2. The predicted molar refractivity (Wildman–Crippen MR) is 126 cm³/mol. The van der Waals surface area contributed by atoms with Crippen molar-refractivity contribution in [1.82, 2.24) is 9.88 Å². The number of nitrogens with zero attached hydrogens (tertiary/aromatic N) is 2. The van der Waals surface area contributed by atoms with Gasteiger partial charge < -0.3 is 14.8 Å². The number of nitrogens with one attached hydrogen (secondary N) is 1. The summed E-state index contributed by atoms with van der Waals surface area (Å²) in [6, 6.07) is 14.0. The third-order valence-electron chi connectivity index (χ3n) is 5.43. The van der Waals surface area contributed by atoms with Crippen LogP contribution in [-0.4, -0.2) is 35.9 Å². The maximum Gasteiger partial charge on any atom is 0.278 e.